The number of aromatic nitrogens is 1. The molecule has 3 rings (SSSR count). The van der Waals surface area contributed by atoms with Crippen molar-refractivity contribution >= 4 is 16.6 Å². The number of nitrogens with one attached hydrogen (secondary N) is 1. The molecule has 0 aliphatic heterocycles. The largest absolute Gasteiger partial charge is 0.486 e. The van der Waals surface area contributed by atoms with Gasteiger partial charge >= 0.3 is 0 Å². The number of hydrogen-bond acceptors (Lipinski definition) is 3. The second kappa shape index (κ2) is 5.05. The number of benzene rings is 2. The van der Waals surface area contributed by atoms with Crippen molar-refractivity contribution in [2.45, 2.75) is 6.61 Å². The highest BCUT2D eigenvalue weighted by Crippen LogP contribution is 2.27. The van der Waals surface area contributed by atoms with Crippen LogP contribution in [0.25, 0.3) is 10.9 Å². The highest BCUT2D eigenvalue weighted by Gasteiger charge is 2.13. The molecule has 0 fully saturated rings. The van der Waals surface area contributed by atoms with Gasteiger partial charge in [0.25, 0.3) is 5.69 Å². The number of H-pyrrole nitrogens is 1. The Morgan fingerprint density at radius 1 is 1.10 bits per heavy atom. The fourth-order valence-corrected chi connectivity index (χ4v) is 2.13. The van der Waals surface area contributed by atoms with Crippen molar-refractivity contribution in [1.29, 1.82) is 0 Å². The minimum Gasteiger partial charge on any atom is -0.486 e. The number of aromatic amines is 1. The van der Waals surface area contributed by atoms with Gasteiger partial charge in [-0.15, -0.1) is 0 Å². The predicted molar refractivity (Wildman–Crippen MR) is 75.7 cm³/mol. The van der Waals surface area contributed by atoms with E-state index < -0.39 is 4.92 Å². The fourth-order valence-electron chi connectivity index (χ4n) is 2.13. The molecule has 1 aromatic heterocycles. The third-order valence-electron chi connectivity index (χ3n) is 3.12. The Bertz CT molecular complexity index is 764. The van der Waals surface area contributed by atoms with Crippen LogP contribution in [0.1, 0.15) is 5.56 Å². The Balaban J connectivity index is 1.85. The van der Waals surface area contributed by atoms with E-state index in [1.807, 2.05) is 24.3 Å². The smallest absolute Gasteiger partial charge is 0.276 e. The molecule has 1 N–H and O–H groups in total. The number of nitrogens with zero attached hydrogens (tertiary/aromatic N) is 1. The summed E-state index contributed by atoms with van der Waals surface area (Å²) in [5, 5.41) is 11.9. The average Bonchev–Trinajstić information content (AvgIpc) is 2.88. The van der Waals surface area contributed by atoms with Gasteiger partial charge in [0.2, 0.25) is 0 Å². The lowest BCUT2D eigenvalue weighted by Crippen LogP contribution is -2.00. The van der Waals surface area contributed by atoms with Gasteiger partial charge in [-0.05, 0) is 18.2 Å². The van der Waals surface area contributed by atoms with Crippen molar-refractivity contribution in [1.82, 2.24) is 4.98 Å². The topological polar surface area (TPSA) is 68.2 Å². The lowest BCUT2D eigenvalue weighted by Gasteiger charge is -2.05. The third-order valence-corrected chi connectivity index (χ3v) is 3.12. The standard InChI is InChI=1S/C15H12N2O3/c18-17(19)14-8-4-1-5-11(14)10-20-15-9-16-13-7-3-2-6-12(13)15/h1-9,16H,10H2. The van der Waals surface area contributed by atoms with Crippen LogP contribution in [0, 0.1) is 10.1 Å². The van der Waals surface area contributed by atoms with E-state index in [2.05, 4.69) is 4.98 Å². The third kappa shape index (κ3) is 2.21. The Morgan fingerprint density at radius 2 is 1.85 bits per heavy atom. The Morgan fingerprint density at radius 3 is 2.70 bits per heavy atom. The molecule has 3 aromatic rings. The molecule has 0 amide bonds. The maximum atomic E-state index is 10.9. The van der Waals surface area contributed by atoms with E-state index in [1.54, 1.807) is 24.4 Å². The number of para-hydroxylation sites is 2. The fraction of sp³-hybridized carbons (Fsp3) is 0.0667. The van der Waals surface area contributed by atoms with Crippen molar-refractivity contribution in [2.75, 3.05) is 0 Å². The Hall–Kier alpha value is -2.82. The molecule has 5 heteroatoms. The molecule has 0 spiro atoms. The SMILES string of the molecule is O=[N+]([O-])c1ccccc1COc1c[nH]c2ccccc12. The molecule has 100 valence electrons. The minimum absolute atomic E-state index is 0.0762. The number of fused-ring (bicyclic) bond motifs is 1. The van der Waals surface area contributed by atoms with Crippen LogP contribution in [-0.4, -0.2) is 9.91 Å². The number of nitro benzene ring substituents is 1. The lowest BCUT2D eigenvalue weighted by molar-refractivity contribution is -0.385. The summed E-state index contributed by atoms with van der Waals surface area (Å²) in [6.07, 6.45) is 1.76. The molecule has 0 atom stereocenters. The molecule has 0 aliphatic carbocycles. The second-order valence-electron chi connectivity index (χ2n) is 4.37. The van der Waals surface area contributed by atoms with E-state index in [0.717, 1.165) is 10.9 Å². The predicted octanol–water partition coefficient (Wildman–Crippen LogP) is 3.66. The van der Waals surface area contributed by atoms with E-state index in [-0.39, 0.29) is 12.3 Å². The molecule has 1 heterocycles. The summed E-state index contributed by atoms with van der Waals surface area (Å²) in [7, 11) is 0. The van der Waals surface area contributed by atoms with E-state index in [0.29, 0.717) is 11.3 Å². The molecule has 0 saturated heterocycles. The molecule has 0 unspecified atom stereocenters. The van der Waals surface area contributed by atoms with Gasteiger partial charge in [0.05, 0.1) is 10.5 Å². The van der Waals surface area contributed by atoms with Crippen molar-refractivity contribution in [3.8, 4) is 5.75 Å². The molecular weight excluding hydrogens is 256 g/mol. The number of ether oxygens (including phenoxy) is 1. The van der Waals surface area contributed by atoms with Gasteiger partial charge in [-0.25, -0.2) is 0 Å². The van der Waals surface area contributed by atoms with Crippen LogP contribution in [0.15, 0.2) is 54.7 Å². The van der Waals surface area contributed by atoms with Crippen LogP contribution in [-0.2, 0) is 6.61 Å². The molecule has 5 nitrogen and oxygen atoms in total. The first-order valence-electron chi connectivity index (χ1n) is 6.17. The zero-order chi connectivity index (χ0) is 13.9. The van der Waals surface area contributed by atoms with Crippen LogP contribution in [0.3, 0.4) is 0 Å². The summed E-state index contributed by atoms with van der Waals surface area (Å²) in [6.45, 7) is 0.166. The zero-order valence-corrected chi connectivity index (χ0v) is 10.6. The van der Waals surface area contributed by atoms with Crippen LogP contribution in [0.4, 0.5) is 5.69 Å². The minimum atomic E-state index is -0.395. The van der Waals surface area contributed by atoms with Crippen molar-refractivity contribution in [3.05, 3.63) is 70.4 Å². The average molecular weight is 268 g/mol. The van der Waals surface area contributed by atoms with Gasteiger partial charge in [-0.2, -0.15) is 0 Å². The van der Waals surface area contributed by atoms with Crippen molar-refractivity contribution in [2.24, 2.45) is 0 Å². The van der Waals surface area contributed by atoms with Crippen LogP contribution in [0.2, 0.25) is 0 Å². The number of nitro groups is 1. The monoisotopic (exact) mass is 268 g/mol. The normalized spacial score (nSPS) is 10.6. The van der Waals surface area contributed by atoms with Crippen LogP contribution >= 0.6 is 0 Å². The number of rotatable bonds is 4. The van der Waals surface area contributed by atoms with E-state index >= 15 is 0 Å². The van der Waals surface area contributed by atoms with Gasteiger partial charge in [-0.3, -0.25) is 10.1 Å². The maximum Gasteiger partial charge on any atom is 0.276 e. The first-order chi connectivity index (χ1) is 9.75. The second-order valence-corrected chi connectivity index (χ2v) is 4.37. The first-order valence-corrected chi connectivity index (χ1v) is 6.17. The van der Waals surface area contributed by atoms with Gasteiger partial charge in [-0.1, -0.05) is 24.3 Å². The van der Waals surface area contributed by atoms with E-state index in [9.17, 15) is 10.1 Å². The van der Waals surface area contributed by atoms with Gasteiger partial charge in [0.1, 0.15) is 12.4 Å². The summed E-state index contributed by atoms with van der Waals surface area (Å²) >= 11 is 0. The highest BCUT2D eigenvalue weighted by atomic mass is 16.6. The molecule has 2 aromatic carbocycles. The quantitative estimate of drug-likeness (QED) is 0.580. The van der Waals surface area contributed by atoms with Crippen molar-refractivity contribution in [3.63, 3.8) is 0 Å². The maximum absolute atomic E-state index is 10.9. The lowest BCUT2D eigenvalue weighted by atomic mass is 10.2. The molecule has 0 radical (unpaired) electrons. The Labute approximate surface area is 115 Å². The first kappa shape index (κ1) is 12.2. The summed E-state index contributed by atoms with van der Waals surface area (Å²) < 4.78 is 5.70. The molecule has 0 bridgehead atoms. The van der Waals surface area contributed by atoms with Crippen LogP contribution in [0.5, 0.6) is 5.75 Å². The zero-order valence-electron chi connectivity index (χ0n) is 10.6. The molecular formula is C15H12N2O3. The molecule has 0 saturated carbocycles. The van der Waals surface area contributed by atoms with Crippen LogP contribution < -0.4 is 4.74 Å². The molecule has 0 aliphatic rings. The van der Waals surface area contributed by atoms with Crippen molar-refractivity contribution < 1.29 is 9.66 Å². The number of hydrogen-bond donors (Lipinski definition) is 1. The highest BCUT2D eigenvalue weighted by molar-refractivity contribution is 5.85. The van der Waals surface area contributed by atoms with Gasteiger partial charge < -0.3 is 9.72 Å². The van der Waals surface area contributed by atoms with Gasteiger partial charge in [0.15, 0.2) is 0 Å². The van der Waals surface area contributed by atoms with E-state index in [4.69, 9.17) is 4.74 Å². The summed E-state index contributed by atoms with van der Waals surface area (Å²) in [5.74, 6) is 0.693. The van der Waals surface area contributed by atoms with E-state index in [1.165, 1.54) is 6.07 Å². The Kier molecular flexibility index (Phi) is 3.09. The summed E-state index contributed by atoms with van der Waals surface area (Å²) in [6, 6.07) is 14.3. The summed E-state index contributed by atoms with van der Waals surface area (Å²) in [5.41, 5.74) is 1.61. The molecule has 20 heavy (non-hydrogen) atoms. The van der Waals surface area contributed by atoms with Gasteiger partial charge in [0, 0.05) is 23.2 Å². The summed E-state index contributed by atoms with van der Waals surface area (Å²) in [4.78, 5) is 13.6.